The molecule has 0 atom stereocenters. The maximum absolute atomic E-state index is 13.3. The van der Waals surface area contributed by atoms with Crippen molar-refractivity contribution in [2.24, 2.45) is 0 Å². The Balaban J connectivity index is 2.43. The molecule has 1 aromatic heterocycles. The van der Waals surface area contributed by atoms with E-state index in [0.717, 1.165) is 16.4 Å². The zero-order chi connectivity index (χ0) is 15.6. The van der Waals surface area contributed by atoms with Crippen molar-refractivity contribution in [2.75, 3.05) is 7.05 Å². The van der Waals surface area contributed by atoms with Crippen molar-refractivity contribution in [3.63, 3.8) is 0 Å². The predicted molar refractivity (Wildman–Crippen MR) is 70.7 cm³/mol. The highest BCUT2D eigenvalue weighted by Gasteiger charge is 2.27. The van der Waals surface area contributed by atoms with Gasteiger partial charge in [-0.3, -0.25) is 0 Å². The number of furan rings is 1. The number of rotatable bonds is 5. The summed E-state index contributed by atoms with van der Waals surface area (Å²) in [7, 11) is -2.90. The lowest BCUT2D eigenvalue weighted by atomic mass is 10.2. The van der Waals surface area contributed by atoms with E-state index in [2.05, 4.69) is 0 Å². The smallest absolute Gasteiger partial charge is 0.337 e. The van der Waals surface area contributed by atoms with E-state index in [1.807, 2.05) is 0 Å². The molecule has 2 aromatic rings. The zero-order valence-corrected chi connectivity index (χ0v) is 11.8. The Morgan fingerprint density at radius 3 is 2.67 bits per heavy atom. The topological polar surface area (TPSA) is 87.8 Å². The van der Waals surface area contributed by atoms with Crippen molar-refractivity contribution < 1.29 is 27.1 Å². The van der Waals surface area contributed by atoms with Gasteiger partial charge in [-0.25, -0.2) is 17.6 Å². The standard InChI is InChI=1S/C13H12FNO5S/c1-15(8-10-3-2-6-20-10)21(18,19)12-7-9(14)4-5-11(12)13(16)17/h2-7H,8H2,1H3,(H,16,17). The molecule has 6 nitrogen and oxygen atoms in total. The van der Waals surface area contributed by atoms with Gasteiger partial charge in [0.25, 0.3) is 0 Å². The summed E-state index contributed by atoms with van der Waals surface area (Å²) in [5.41, 5.74) is -0.484. The summed E-state index contributed by atoms with van der Waals surface area (Å²) in [6.07, 6.45) is 1.39. The van der Waals surface area contributed by atoms with Gasteiger partial charge in [-0.1, -0.05) is 0 Å². The lowest BCUT2D eigenvalue weighted by molar-refractivity contribution is 0.0692. The van der Waals surface area contributed by atoms with Crippen LogP contribution in [0, 0.1) is 5.82 Å². The van der Waals surface area contributed by atoms with Gasteiger partial charge in [-0.2, -0.15) is 4.31 Å². The van der Waals surface area contributed by atoms with E-state index in [9.17, 15) is 17.6 Å². The van der Waals surface area contributed by atoms with Crippen molar-refractivity contribution in [3.05, 3.63) is 53.7 Å². The molecular weight excluding hydrogens is 301 g/mol. The third kappa shape index (κ3) is 3.11. The Morgan fingerprint density at radius 1 is 1.38 bits per heavy atom. The first-order valence-corrected chi connectivity index (χ1v) is 7.28. The second-order valence-corrected chi connectivity index (χ2v) is 6.30. The van der Waals surface area contributed by atoms with Crippen LogP contribution in [0.2, 0.25) is 0 Å². The van der Waals surface area contributed by atoms with E-state index in [4.69, 9.17) is 9.52 Å². The SMILES string of the molecule is CN(Cc1ccco1)S(=O)(=O)c1cc(F)ccc1C(=O)O. The van der Waals surface area contributed by atoms with Crippen molar-refractivity contribution in [3.8, 4) is 0 Å². The van der Waals surface area contributed by atoms with Crippen molar-refractivity contribution in [2.45, 2.75) is 11.4 Å². The van der Waals surface area contributed by atoms with Gasteiger partial charge in [0.1, 0.15) is 11.6 Å². The van der Waals surface area contributed by atoms with E-state index in [-0.39, 0.29) is 6.54 Å². The molecule has 0 fully saturated rings. The fourth-order valence-corrected chi connectivity index (χ4v) is 3.09. The fourth-order valence-electron chi connectivity index (χ4n) is 1.76. The highest BCUT2D eigenvalue weighted by atomic mass is 32.2. The van der Waals surface area contributed by atoms with Crippen LogP contribution in [0.3, 0.4) is 0 Å². The normalized spacial score (nSPS) is 11.8. The average molecular weight is 313 g/mol. The van der Waals surface area contributed by atoms with Gasteiger partial charge >= 0.3 is 5.97 Å². The summed E-state index contributed by atoms with van der Waals surface area (Å²) >= 11 is 0. The van der Waals surface area contributed by atoms with Crippen LogP contribution >= 0.6 is 0 Å². The summed E-state index contributed by atoms with van der Waals surface area (Å²) in [4.78, 5) is 10.5. The van der Waals surface area contributed by atoms with Crippen LogP contribution in [-0.2, 0) is 16.6 Å². The molecule has 2 rings (SSSR count). The van der Waals surface area contributed by atoms with Gasteiger partial charge in [-0.05, 0) is 30.3 Å². The molecule has 0 saturated carbocycles. The molecular formula is C13H12FNO5S. The number of nitrogens with zero attached hydrogens (tertiary/aromatic N) is 1. The minimum absolute atomic E-state index is 0.0924. The van der Waals surface area contributed by atoms with Crippen molar-refractivity contribution >= 4 is 16.0 Å². The Hall–Kier alpha value is -2.19. The lowest BCUT2D eigenvalue weighted by Gasteiger charge is -2.17. The number of carboxylic acid groups (broad SMARTS) is 1. The van der Waals surface area contributed by atoms with Crippen molar-refractivity contribution in [1.29, 1.82) is 0 Å². The van der Waals surface area contributed by atoms with Gasteiger partial charge in [-0.15, -0.1) is 0 Å². The molecule has 0 spiro atoms. The monoisotopic (exact) mass is 313 g/mol. The molecule has 1 aromatic carbocycles. The first-order chi connectivity index (χ1) is 9.82. The van der Waals surface area contributed by atoms with Crippen LogP contribution in [-0.4, -0.2) is 30.8 Å². The van der Waals surface area contributed by atoms with Crippen LogP contribution < -0.4 is 0 Å². The third-order valence-corrected chi connectivity index (χ3v) is 4.66. The lowest BCUT2D eigenvalue weighted by Crippen LogP contribution is -2.28. The largest absolute Gasteiger partial charge is 0.478 e. The second-order valence-electron chi connectivity index (χ2n) is 4.29. The minimum Gasteiger partial charge on any atom is -0.478 e. The summed E-state index contributed by atoms with van der Waals surface area (Å²) < 4.78 is 44.0. The zero-order valence-electron chi connectivity index (χ0n) is 11.0. The number of aromatic carboxylic acids is 1. The summed E-state index contributed by atoms with van der Waals surface area (Å²) in [6, 6.07) is 5.69. The molecule has 1 heterocycles. The molecule has 112 valence electrons. The molecule has 0 saturated heterocycles. The Bertz CT molecular complexity index is 755. The van der Waals surface area contributed by atoms with Crippen LogP contribution in [0.15, 0.2) is 45.9 Å². The quantitative estimate of drug-likeness (QED) is 0.911. The van der Waals surface area contributed by atoms with Crippen LogP contribution in [0.1, 0.15) is 16.1 Å². The number of hydrogen-bond acceptors (Lipinski definition) is 4. The van der Waals surface area contributed by atoms with E-state index < -0.39 is 32.3 Å². The van der Waals surface area contributed by atoms with Crippen LogP contribution in [0.5, 0.6) is 0 Å². The summed E-state index contributed by atoms with van der Waals surface area (Å²) in [5.74, 6) is -1.89. The van der Waals surface area contributed by atoms with Crippen LogP contribution in [0.25, 0.3) is 0 Å². The fraction of sp³-hybridized carbons (Fsp3) is 0.154. The molecule has 1 N–H and O–H groups in total. The van der Waals surface area contributed by atoms with Gasteiger partial charge < -0.3 is 9.52 Å². The molecule has 21 heavy (non-hydrogen) atoms. The Labute approximate surface area is 120 Å². The second kappa shape index (κ2) is 5.66. The molecule has 0 unspecified atom stereocenters. The number of hydrogen-bond donors (Lipinski definition) is 1. The first-order valence-electron chi connectivity index (χ1n) is 5.84. The summed E-state index contributed by atoms with van der Waals surface area (Å²) in [5, 5.41) is 9.03. The Kier molecular flexibility index (Phi) is 4.10. The number of carboxylic acids is 1. The maximum Gasteiger partial charge on any atom is 0.337 e. The van der Waals surface area contributed by atoms with Gasteiger partial charge in [0.05, 0.1) is 23.3 Å². The molecule has 0 amide bonds. The highest BCUT2D eigenvalue weighted by molar-refractivity contribution is 7.89. The third-order valence-electron chi connectivity index (χ3n) is 2.82. The predicted octanol–water partition coefficient (Wildman–Crippen LogP) is 1.94. The number of carbonyl (C=O) groups is 1. The molecule has 0 bridgehead atoms. The number of halogens is 1. The van der Waals surface area contributed by atoms with Gasteiger partial charge in [0.2, 0.25) is 10.0 Å². The van der Waals surface area contributed by atoms with E-state index in [1.54, 1.807) is 12.1 Å². The van der Waals surface area contributed by atoms with E-state index in [0.29, 0.717) is 11.8 Å². The molecule has 0 aliphatic rings. The minimum atomic E-state index is -4.16. The van der Waals surface area contributed by atoms with Crippen molar-refractivity contribution in [1.82, 2.24) is 4.31 Å². The average Bonchev–Trinajstić information content (AvgIpc) is 2.91. The molecule has 0 radical (unpaired) electrons. The molecule has 0 aliphatic carbocycles. The van der Waals surface area contributed by atoms with Gasteiger partial charge in [0.15, 0.2) is 0 Å². The van der Waals surface area contributed by atoms with Gasteiger partial charge in [0, 0.05) is 7.05 Å². The first kappa shape index (κ1) is 15.2. The van der Waals surface area contributed by atoms with E-state index in [1.165, 1.54) is 13.3 Å². The van der Waals surface area contributed by atoms with Crippen LogP contribution in [0.4, 0.5) is 4.39 Å². The number of benzene rings is 1. The molecule has 0 aliphatic heterocycles. The maximum atomic E-state index is 13.3. The summed E-state index contributed by atoms with van der Waals surface area (Å²) in [6.45, 7) is -0.0924. The molecule has 8 heteroatoms. The Morgan fingerprint density at radius 2 is 2.10 bits per heavy atom. The van der Waals surface area contributed by atoms with E-state index >= 15 is 0 Å². The highest BCUT2D eigenvalue weighted by Crippen LogP contribution is 2.22. The number of sulfonamides is 1.